The molecule has 15 nitrogen and oxygen atoms in total. The SMILES string of the molecule is CC1(C)CC[C@]2(C(=O)O)CC[C@]3(COC(=O)C4C(c5ccc(O)c(O)c5)OC(c5ccc(O)c(O)c5)C4C(=O)OC[C@@]45CC[C@@]6(C(=O)O)CCC(C)(C)CC6C4=CC[C@@H]4[C@@]6(C)CC[C@H](O)C(C)(C)[C@@H]6CC[C@]45C)C(=CC[C@@H]4[C@@]5(C)CC[C@H](O)C(C)(C)[C@@H]5CC[C@]43C)C2C1. The van der Waals surface area contributed by atoms with E-state index in [0.29, 0.717) is 64.2 Å². The predicted molar refractivity (Wildman–Crippen MR) is 349 cm³/mol. The molecule has 510 valence electrons. The number of rotatable bonds is 10. The Kier molecular flexibility index (Phi) is 15.5. The zero-order valence-corrected chi connectivity index (χ0v) is 57.5. The zero-order chi connectivity index (χ0) is 67.2. The molecule has 2 aromatic rings. The molecule has 10 aliphatic carbocycles. The summed E-state index contributed by atoms with van der Waals surface area (Å²) in [7, 11) is 0. The first-order valence-corrected chi connectivity index (χ1v) is 35.6. The summed E-state index contributed by atoms with van der Waals surface area (Å²) in [6.45, 7) is 27.0. The van der Waals surface area contributed by atoms with Crippen LogP contribution in [0.3, 0.4) is 0 Å². The maximum atomic E-state index is 16.5. The summed E-state index contributed by atoms with van der Waals surface area (Å²) in [4.78, 5) is 61.1. The molecule has 0 amide bonds. The Labute approximate surface area is 550 Å². The van der Waals surface area contributed by atoms with E-state index < -0.39 is 116 Å². The Hall–Kier alpha value is -5.12. The monoisotopic (exact) mass is 1280 g/mol. The number of hydrogen-bond donors (Lipinski definition) is 8. The zero-order valence-electron chi connectivity index (χ0n) is 57.5. The van der Waals surface area contributed by atoms with Crippen LogP contribution in [0.2, 0.25) is 0 Å². The van der Waals surface area contributed by atoms with Crippen molar-refractivity contribution in [1.82, 2.24) is 0 Å². The number of aliphatic carboxylic acids is 2. The van der Waals surface area contributed by atoms with Gasteiger partial charge in [-0.05, 0) is 243 Å². The average Bonchev–Trinajstić information content (AvgIpc) is 1.08. The second kappa shape index (κ2) is 21.7. The van der Waals surface area contributed by atoms with Gasteiger partial charge < -0.3 is 55.1 Å². The lowest BCUT2D eigenvalue weighted by atomic mass is 9.33. The number of phenols is 4. The number of benzene rings is 2. The van der Waals surface area contributed by atoms with Crippen molar-refractivity contribution in [3.05, 3.63) is 70.8 Å². The van der Waals surface area contributed by atoms with Gasteiger partial charge in [0.15, 0.2) is 23.0 Å². The minimum absolute atomic E-state index is 0.0808. The van der Waals surface area contributed by atoms with Crippen molar-refractivity contribution in [3.8, 4) is 23.0 Å². The van der Waals surface area contributed by atoms with Crippen molar-refractivity contribution in [1.29, 1.82) is 0 Å². The molecule has 13 rings (SSSR count). The third kappa shape index (κ3) is 9.34. The van der Waals surface area contributed by atoms with Crippen LogP contribution in [-0.4, -0.2) is 90.2 Å². The van der Waals surface area contributed by atoms with E-state index in [0.717, 1.165) is 75.4 Å². The number of ether oxygens (including phenoxy) is 3. The first kappa shape index (κ1) is 66.5. The van der Waals surface area contributed by atoms with Crippen LogP contribution in [0.4, 0.5) is 0 Å². The molecule has 11 aliphatic rings. The van der Waals surface area contributed by atoms with Gasteiger partial charge in [-0.2, -0.15) is 0 Å². The van der Waals surface area contributed by atoms with Gasteiger partial charge in [-0.1, -0.05) is 119 Å². The molecule has 20 atom stereocenters. The Morgan fingerprint density at radius 3 is 1.18 bits per heavy atom. The number of carbonyl (C=O) groups excluding carboxylic acids is 2. The number of allylic oxidation sites excluding steroid dienone is 2. The van der Waals surface area contributed by atoms with Crippen molar-refractivity contribution in [3.63, 3.8) is 0 Å². The minimum Gasteiger partial charge on any atom is -0.504 e. The van der Waals surface area contributed by atoms with Crippen LogP contribution in [0.1, 0.15) is 235 Å². The fourth-order valence-electron chi connectivity index (χ4n) is 25.3. The first-order chi connectivity index (χ1) is 43.4. The van der Waals surface area contributed by atoms with Crippen molar-refractivity contribution in [2.45, 2.75) is 236 Å². The highest BCUT2D eigenvalue weighted by Crippen LogP contribution is 2.79. The van der Waals surface area contributed by atoms with Gasteiger partial charge in [0, 0.05) is 10.8 Å². The number of carbonyl (C=O) groups is 4. The Balaban J connectivity index is 0.928. The number of esters is 2. The molecule has 9 fully saturated rings. The van der Waals surface area contributed by atoms with Crippen LogP contribution in [0.25, 0.3) is 0 Å². The number of hydrogen-bond acceptors (Lipinski definition) is 13. The summed E-state index contributed by atoms with van der Waals surface area (Å²) in [5, 5.41) is 90.3. The van der Waals surface area contributed by atoms with E-state index in [1.54, 1.807) is 0 Å². The lowest BCUT2D eigenvalue weighted by Crippen LogP contribution is -2.66. The molecular weight excluding hydrogens is 1180 g/mol. The molecule has 1 heterocycles. The average molecular weight is 1290 g/mol. The van der Waals surface area contributed by atoms with Gasteiger partial charge in [0.25, 0.3) is 0 Å². The smallest absolute Gasteiger partial charge is 0.312 e. The molecule has 93 heavy (non-hydrogen) atoms. The maximum absolute atomic E-state index is 16.5. The van der Waals surface area contributed by atoms with E-state index in [2.05, 4.69) is 95.2 Å². The van der Waals surface area contributed by atoms with Crippen LogP contribution in [0.5, 0.6) is 23.0 Å². The van der Waals surface area contributed by atoms with Gasteiger partial charge in [-0.3, -0.25) is 19.2 Å². The summed E-state index contributed by atoms with van der Waals surface area (Å²) in [6, 6.07) is 8.31. The van der Waals surface area contributed by atoms with Gasteiger partial charge in [0.05, 0.1) is 35.2 Å². The summed E-state index contributed by atoms with van der Waals surface area (Å²) >= 11 is 0. The molecule has 1 aliphatic heterocycles. The van der Waals surface area contributed by atoms with Crippen LogP contribution in [-0.2, 0) is 33.4 Å². The highest BCUT2D eigenvalue weighted by atomic mass is 16.6. The van der Waals surface area contributed by atoms with E-state index in [4.69, 9.17) is 14.2 Å². The number of aromatic hydroxyl groups is 4. The molecule has 0 aromatic heterocycles. The summed E-state index contributed by atoms with van der Waals surface area (Å²) in [5.74, 6) is -8.04. The van der Waals surface area contributed by atoms with E-state index in [1.165, 1.54) is 36.4 Å². The highest BCUT2D eigenvalue weighted by molar-refractivity contribution is 5.85. The maximum Gasteiger partial charge on any atom is 0.312 e. The normalized spacial score (nSPS) is 44.7. The Bertz CT molecular complexity index is 3230. The first-order valence-electron chi connectivity index (χ1n) is 35.6. The molecule has 8 saturated carbocycles. The van der Waals surface area contributed by atoms with E-state index in [9.17, 15) is 50.4 Å². The molecule has 0 bridgehead atoms. The Morgan fingerprint density at radius 1 is 0.462 bits per heavy atom. The lowest BCUT2D eigenvalue weighted by Gasteiger charge is -2.71. The molecule has 1 saturated heterocycles. The number of aliphatic hydroxyl groups is 2. The van der Waals surface area contributed by atoms with Gasteiger partial charge in [0.2, 0.25) is 0 Å². The standard InChI is InChI=1S/C78H108O15/c1-67(2)29-31-75(65(87)88)33-35-77(45(47(75)39-67)15-19-55-71(9)25-23-57(83)69(5,6)53(71)21-27-73(55,77)11)41-91-63(85)59-60(62(44-14-18-50(80)52(82)38-44)93-61(59)43-13-17-49(79)51(81)37-43)64(86)92-42-78-36-34-76(66(89)90)32-30-68(3,4)40-48(76)46(78)16-20-56-72(10)26-24-58(84)70(7,8)54(72)22-28-74(56,78)12/h13-18,37-38,47-48,53-62,79-84H,19-36,39-42H2,1-12H3,(H,87,88)(H,89,90)/t47?,48?,53-,54-,55+,56+,57-,58-,59?,60?,61?,62?,71-,72-,73+,74+,75-,76-,77-,78-/m0/s1. The van der Waals surface area contributed by atoms with Crippen molar-refractivity contribution < 1.29 is 74.2 Å². The fraction of sp³-hybridized carbons (Fsp3) is 0.744. The molecular formula is C78H108O15. The summed E-state index contributed by atoms with van der Waals surface area (Å²) in [5.41, 5.74) is -3.66. The lowest BCUT2D eigenvalue weighted by molar-refractivity contribution is -0.219. The summed E-state index contributed by atoms with van der Waals surface area (Å²) < 4.78 is 21.3. The number of aliphatic hydroxyl groups excluding tert-OH is 2. The summed E-state index contributed by atoms with van der Waals surface area (Å²) in [6.07, 6.45) is 14.2. The molecule has 6 unspecified atom stereocenters. The number of carboxylic acids is 2. The van der Waals surface area contributed by atoms with E-state index >= 15 is 9.59 Å². The second-order valence-corrected chi connectivity index (χ2v) is 36.3. The van der Waals surface area contributed by atoms with E-state index in [-0.39, 0.29) is 92.3 Å². The molecule has 8 N–H and O–H groups in total. The molecule has 2 aromatic carbocycles. The van der Waals surface area contributed by atoms with Gasteiger partial charge in [-0.15, -0.1) is 0 Å². The van der Waals surface area contributed by atoms with Gasteiger partial charge >= 0.3 is 23.9 Å². The van der Waals surface area contributed by atoms with Crippen LogP contribution < -0.4 is 0 Å². The van der Waals surface area contributed by atoms with Crippen molar-refractivity contribution in [2.75, 3.05) is 13.2 Å². The fourth-order valence-corrected chi connectivity index (χ4v) is 25.3. The largest absolute Gasteiger partial charge is 0.504 e. The molecule has 0 spiro atoms. The minimum atomic E-state index is -1.49. The van der Waals surface area contributed by atoms with E-state index in [1.807, 2.05) is 0 Å². The third-order valence-electron chi connectivity index (χ3n) is 30.9. The van der Waals surface area contributed by atoms with Crippen LogP contribution >= 0.6 is 0 Å². The molecule has 0 radical (unpaired) electrons. The predicted octanol–water partition coefficient (Wildman–Crippen LogP) is 15.1. The topological polar surface area (TPSA) is 258 Å². The third-order valence-corrected chi connectivity index (χ3v) is 30.9. The molecule has 15 heteroatoms. The number of carboxylic acid groups (broad SMARTS) is 2. The number of fused-ring (bicyclic) bond motifs is 14. The van der Waals surface area contributed by atoms with Crippen LogP contribution in [0, 0.1) is 112 Å². The second-order valence-electron chi connectivity index (χ2n) is 36.3. The highest BCUT2D eigenvalue weighted by Gasteiger charge is 2.74. The number of phenolic OH excluding ortho intramolecular Hbond substituents is 4. The van der Waals surface area contributed by atoms with Gasteiger partial charge in [0.1, 0.15) is 25.0 Å². The quantitative estimate of drug-likeness (QED) is 0.0625. The van der Waals surface area contributed by atoms with Gasteiger partial charge in [-0.25, -0.2) is 0 Å². The van der Waals surface area contributed by atoms with Crippen LogP contribution in [0.15, 0.2) is 59.7 Å². The van der Waals surface area contributed by atoms with Crippen molar-refractivity contribution >= 4 is 23.9 Å². The Morgan fingerprint density at radius 2 is 0.828 bits per heavy atom. The van der Waals surface area contributed by atoms with Crippen molar-refractivity contribution in [2.24, 2.45) is 112 Å².